The Morgan fingerprint density at radius 2 is 2.00 bits per heavy atom. The highest BCUT2D eigenvalue weighted by Gasteiger charge is 2.18. The molecule has 78 valence electrons. The Bertz CT molecular complexity index is 381. The normalized spacial score (nSPS) is 16.1. The van der Waals surface area contributed by atoms with Crippen molar-refractivity contribution in [2.45, 2.75) is 19.8 Å². The van der Waals surface area contributed by atoms with Gasteiger partial charge in [-0.2, -0.15) is 0 Å². The highest BCUT2D eigenvalue weighted by Crippen LogP contribution is 2.17. The van der Waals surface area contributed by atoms with Gasteiger partial charge in [0, 0.05) is 17.8 Å². The van der Waals surface area contributed by atoms with E-state index in [-0.39, 0.29) is 5.91 Å². The maximum atomic E-state index is 12.1. The zero-order valence-corrected chi connectivity index (χ0v) is 8.94. The zero-order valence-electron chi connectivity index (χ0n) is 8.94. The van der Waals surface area contributed by atoms with E-state index in [1.165, 1.54) is 0 Å². The molecule has 2 nitrogen and oxygen atoms in total. The molecule has 0 radical (unpaired) electrons. The highest BCUT2D eigenvalue weighted by molar-refractivity contribution is 5.95. The predicted octanol–water partition coefficient (Wildman–Crippen LogP) is 2.83. The fourth-order valence-electron chi connectivity index (χ4n) is 1.85. The molecule has 0 spiro atoms. The van der Waals surface area contributed by atoms with Crippen molar-refractivity contribution in [2.24, 2.45) is 0 Å². The topological polar surface area (TPSA) is 20.3 Å². The second-order valence-corrected chi connectivity index (χ2v) is 3.81. The van der Waals surface area contributed by atoms with Gasteiger partial charge in [-0.05, 0) is 31.9 Å². The number of hydrogen-bond acceptors (Lipinski definition) is 1. The predicted molar refractivity (Wildman–Crippen MR) is 60.5 cm³/mol. The molecule has 0 aromatic heterocycles. The summed E-state index contributed by atoms with van der Waals surface area (Å²) in [6.07, 6.45) is 4.28. The first-order valence-electron chi connectivity index (χ1n) is 5.33. The minimum atomic E-state index is 0.115. The van der Waals surface area contributed by atoms with Crippen molar-refractivity contribution in [1.29, 1.82) is 0 Å². The lowest BCUT2D eigenvalue weighted by Gasteiger charge is -2.26. The van der Waals surface area contributed by atoms with Gasteiger partial charge in [0.05, 0.1) is 0 Å². The van der Waals surface area contributed by atoms with E-state index in [9.17, 15) is 4.79 Å². The van der Waals surface area contributed by atoms with Gasteiger partial charge in [-0.25, -0.2) is 0 Å². The highest BCUT2D eigenvalue weighted by atomic mass is 16.2. The Morgan fingerprint density at radius 1 is 1.27 bits per heavy atom. The summed E-state index contributed by atoms with van der Waals surface area (Å²) in [6.45, 7) is 2.84. The average Bonchev–Trinajstić information content (AvgIpc) is 2.30. The molecule has 1 aromatic carbocycles. The largest absolute Gasteiger partial charge is 0.313 e. The molecule has 2 rings (SSSR count). The molecule has 0 aliphatic carbocycles. The van der Waals surface area contributed by atoms with Crippen molar-refractivity contribution in [2.75, 3.05) is 6.54 Å². The number of carbonyl (C=O) groups is 1. The van der Waals surface area contributed by atoms with E-state index in [1.54, 1.807) is 0 Å². The van der Waals surface area contributed by atoms with Gasteiger partial charge in [0.1, 0.15) is 0 Å². The Kier molecular flexibility index (Phi) is 2.86. The van der Waals surface area contributed by atoms with E-state index in [1.807, 2.05) is 42.2 Å². The van der Waals surface area contributed by atoms with Crippen LogP contribution >= 0.6 is 0 Å². The molecular weight excluding hydrogens is 186 g/mol. The standard InChI is InChI=1S/C13H15NO/c1-11-7-5-6-10-14(11)13(15)12-8-3-2-4-9-12/h2-4,7-9H,5-6,10H2,1H3. The van der Waals surface area contributed by atoms with Crippen LogP contribution in [0.5, 0.6) is 0 Å². The van der Waals surface area contributed by atoms with Crippen molar-refractivity contribution >= 4 is 5.91 Å². The molecule has 1 aromatic rings. The molecule has 1 aliphatic heterocycles. The van der Waals surface area contributed by atoms with E-state index in [0.29, 0.717) is 0 Å². The van der Waals surface area contributed by atoms with Crippen molar-refractivity contribution in [1.82, 2.24) is 4.90 Å². The second kappa shape index (κ2) is 4.30. The van der Waals surface area contributed by atoms with Crippen LogP contribution < -0.4 is 0 Å². The summed E-state index contributed by atoms with van der Waals surface area (Å²) < 4.78 is 0. The number of nitrogens with zero attached hydrogens (tertiary/aromatic N) is 1. The summed E-state index contributed by atoms with van der Waals surface area (Å²) in [7, 11) is 0. The first-order chi connectivity index (χ1) is 7.29. The summed E-state index contributed by atoms with van der Waals surface area (Å²) >= 11 is 0. The lowest BCUT2D eigenvalue weighted by molar-refractivity contribution is 0.0797. The van der Waals surface area contributed by atoms with Crippen LogP contribution in [0.3, 0.4) is 0 Å². The molecule has 0 atom stereocenters. The van der Waals surface area contributed by atoms with E-state index >= 15 is 0 Å². The number of hydrogen-bond donors (Lipinski definition) is 0. The third-order valence-corrected chi connectivity index (χ3v) is 2.72. The monoisotopic (exact) mass is 201 g/mol. The van der Waals surface area contributed by atoms with Gasteiger partial charge in [-0.15, -0.1) is 0 Å². The quantitative estimate of drug-likeness (QED) is 0.684. The Balaban J connectivity index is 2.21. The van der Waals surface area contributed by atoms with Gasteiger partial charge in [0.2, 0.25) is 0 Å². The third-order valence-electron chi connectivity index (χ3n) is 2.72. The van der Waals surface area contributed by atoms with Crippen LogP contribution in [-0.4, -0.2) is 17.4 Å². The second-order valence-electron chi connectivity index (χ2n) is 3.81. The third kappa shape index (κ3) is 2.09. The molecule has 0 saturated heterocycles. The van der Waals surface area contributed by atoms with Crippen LogP contribution in [-0.2, 0) is 0 Å². The van der Waals surface area contributed by atoms with Crippen LogP contribution in [0.1, 0.15) is 30.1 Å². The van der Waals surface area contributed by atoms with Gasteiger partial charge in [-0.1, -0.05) is 24.3 Å². The smallest absolute Gasteiger partial charge is 0.257 e. The maximum Gasteiger partial charge on any atom is 0.257 e. The molecule has 2 heteroatoms. The van der Waals surface area contributed by atoms with E-state index in [2.05, 4.69) is 6.08 Å². The van der Waals surface area contributed by atoms with E-state index < -0.39 is 0 Å². The van der Waals surface area contributed by atoms with Gasteiger partial charge in [0.25, 0.3) is 5.91 Å². The molecule has 0 fully saturated rings. The first-order valence-corrected chi connectivity index (χ1v) is 5.33. The molecule has 15 heavy (non-hydrogen) atoms. The molecule has 1 aliphatic rings. The van der Waals surface area contributed by atoms with Crippen molar-refractivity contribution in [3.8, 4) is 0 Å². The molecular formula is C13H15NO. The van der Waals surface area contributed by atoms with Crippen LogP contribution in [0.25, 0.3) is 0 Å². The molecule has 0 bridgehead atoms. The fourth-order valence-corrected chi connectivity index (χ4v) is 1.85. The summed E-state index contributed by atoms with van der Waals surface area (Å²) in [6, 6.07) is 9.45. The van der Waals surface area contributed by atoms with Gasteiger partial charge < -0.3 is 4.90 Å². The Hall–Kier alpha value is -1.57. The number of rotatable bonds is 1. The minimum Gasteiger partial charge on any atom is -0.313 e. The van der Waals surface area contributed by atoms with E-state index in [4.69, 9.17) is 0 Å². The Labute approximate surface area is 90.2 Å². The van der Waals surface area contributed by atoms with Crippen molar-refractivity contribution in [3.05, 3.63) is 47.7 Å². The molecule has 0 unspecified atom stereocenters. The molecule has 1 amide bonds. The van der Waals surface area contributed by atoms with Gasteiger partial charge >= 0.3 is 0 Å². The molecule has 1 heterocycles. The minimum absolute atomic E-state index is 0.115. The van der Waals surface area contributed by atoms with Crippen LogP contribution in [0.2, 0.25) is 0 Å². The maximum absolute atomic E-state index is 12.1. The van der Waals surface area contributed by atoms with Gasteiger partial charge in [0.15, 0.2) is 0 Å². The van der Waals surface area contributed by atoms with Crippen molar-refractivity contribution in [3.63, 3.8) is 0 Å². The van der Waals surface area contributed by atoms with Crippen molar-refractivity contribution < 1.29 is 4.79 Å². The fraction of sp³-hybridized carbons (Fsp3) is 0.308. The zero-order chi connectivity index (χ0) is 10.7. The van der Waals surface area contributed by atoms with Crippen LogP contribution in [0.15, 0.2) is 42.1 Å². The lowest BCUT2D eigenvalue weighted by Crippen LogP contribution is -2.32. The molecule has 0 saturated carbocycles. The summed E-state index contributed by atoms with van der Waals surface area (Å²) in [5.74, 6) is 0.115. The number of amides is 1. The summed E-state index contributed by atoms with van der Waals surface area (Å²) in [4.78, 5) is 14.0. The number of carbonyl (C=O) groups excluding carboxylic acids is 1. The summed E-state index contributed by atoms with van der Waals surface area (Å²) in [5.41, 5.74) is 1.85. The lowest BCUT2D eigenvalue weighted by atomic mass is 10.1. The molecule has 0 N–H and O–H groups in total. The summed E-state index contributed by atoms with van der Waals surface area (Å²) in [5, 5.41) is 0. The van der Waals surface area contributed by atoms with E-state index in [0.717, 1.165) is 30.6 Å². The SMILES string of the molecule is CC1=CCCCN1C(=O)c1ccccc1. The number of benzene rings is 1. The van der Waals surface area contributed by atoms with Gasteiger partial charge in [-0.3, -0.25) is 4.79 Å². The van der Waals surface area contributed by atoms with Crippen LogP contribution in [0.4, 0.5) is 0 Å². The number of allylic oxidation sites excluding steroid dienone is 2. The first kappa shape index (κ1) is 9.97. The van der Waals surface area contributed by atoms with Crippen LogP contribution in [0, 0.1) is 0 Å². The average molecular weight is 201 g/mol. The Morgan fingerprint density at radius 3 is 2.67 bits per heavy atom.